The third kappa shape index (κ3) is 2.55. The third-order valence-electron chi connectivity index (χ3n) is 2.88. The van der Waals surface area contributed by atoms with Crippen LogP contribution in [-0.4, -0.2) is 42.5 Å². The maximum atomic E-state index is 11.6. The molecule has 0 spiro atoms. The van der Waals surface area contributed by atoms with E-state index in [9.17, 15) is 8.42 Å². The molecule has 1 aliphatic heterocycles. The first-order valence-corrected chi connectivity index (χ1v) is 7.33. The van der Waals surface area contributed by atoms with Crippen LogP contribution in [0.1, 0.15) is 24.6 Å². The Morgan fingerprint density at radius 3 is 2.88 bits per heavy atom. The van der Waals surface area contributed by atoms with Gasteiger partial charge in [0.05, 0.1) is 30.4 Å². The number of anilines is 1. The van der Waals surface area contributed by atoms with Gasteiger partial charge in [-0.15, -0.1) is 0 Å². The van der Waals surface area contributed by atoms with Crippen LogP contribution in [0, 0.1) is 0 Å². The Morgan fingerprint density at radius 1 is 1.47 bits per heavy atom. The lowest BCUT2D eigenvalue weighted by molar-refractivity contribution is 0.393. The average molecular weight is 256 g/mol. The standard InChI is InChI=1S/C10H16N4O2S/c1-11-10-7-12-6-8(13-10)9-4-3-5-14(9)17(2,15)16/h6-7,9H,3-5H2,1-2H3,(H,11,13)/t9-/m1/s1. The van der Waals surface area contributed by atoms with Crippen molar-refractivity contribution in [3.63, 3.8) is 0 Å². The van der Waals surface area contributed by atoms with Crippen LogP contribution in [0.25, 0.3) is 0 Å². The summed E-state index contributed by atoms with van der Waals surface area (Å²) in [7, 11) is -1.41. The number of sulfonamides is 1. The SMILES string of the molecule is CNc1cncc([C@H]2CCCN2S(C)(=O)=O)n1. The first-order valence-electron chi connectivity index (χ1n) is 5.49. The highest BCUT2D eigenvalue weighted by Crippen LogP contribution is 2.32. The van der Waals surface area contributed by atoms with E-state index in [1.165, 1.54) is 10.6 Å². The van der Waals surface area contributed by atoms with Gasteiger partial charge in [-0.2, -0.15) is 4.31 Å². The van der Waals surface area contributed by atoms with Crippen molar-refractivity contribution >= 4 is 15.8 Å². The molecule has 7 heteroatoms. The van der Waals surface area contributed by atoms with Gasteiger partial charge < -0.3 is 5.32 Å². The molecule has 0 aliphatic carbocycles. The van der Waals surface area contributed by atoms with Gasteiger partial charge in [0.1, 0.15) is 5.82 Å². The lowest BCUT2D eigenvalue weighted by atomic mass is 10.2. The summed E-state index contributed by atoms with van der Waals surface area (Å²) in [5, 5.41) is 2.90. The van der Waals surface area contributed by atoms with Gasteiger partial charge in [0, 0.05) is 13.6 Å². The number of hydrogen-bond donors (Lipinski definition) is 1. The van der Waals surface area contributed by atoms with E-state index in [4.69, 9.17) is 0 Å². The zero-order valence-electron chi connectivity index (χ0n) is 9.92. The van der Waals surface area contributed by atoms with Crippen LogP contribution in [0.5, 0.6) is 0 Å². The minimum absolute atomic E-state index is 0.175. The van der Waals surface area contributed by atoms with E-state index in [1.807, 2.05) is 0 Å². The number of nitrogens with zero attached hydrogens (tertiary/aromatic N) is 3. The van der Waals surface area contributed by atoms with Crippen molar-refractivity contribution in [2.24, 2.45) is 0 Å². The van der Waals surface area contributed by atoms with Crippen LogP contribution in [0.15, 0.2) is 12.4 Å². The quantitative estimate of drug-likeness (QED) is 0.857. The van der Waals surface area contributed by atoms with E-state index in [1.54, 1.807) is 19.4 Å². The summed E-state index contributed by atoms with van der Waals surface area (Å²) in [6, 6.07) is -0.175. The lowest BCUT2D eigenvalue weighted by Crippen LogP contribution is -2.30. The number of aromatic nitrogens is 2. The fraction of sp³-hybridized carbons (Fsp3) is 0.600. The van der Waals surface area contributed by atoms with Gasteiger partial charge in [0.25, 0.3) is 0 Å². The highest BCUT2D eigenvalue weighted by molar-refractivity contribution is 7.88. The third-order valence-corrected chi connectivity index (χ3v) is 4.17. The molecule has 0 saturated carbocycles. The second-order valence-corrected chi connectivity index (χ2v) is 6.05. The number of hydrogen-bond acceptors (Lipinski definition) is 5. The highest BCUT2D eigenvalue weighted by atomic mass is 32.2. The fourth-order valence-electron chi connectivity index (χ4n) is 2.09. The molecule has 17 heavy (non-hydrogen) atoms. The summed E-state index contributed by atoms with van der Waals surface area (Å²) in [5.41, 5.74) is 0.708. The minimum atomic E-state index is -3.17. The van der Waals surface area contributed by atoms with Crippen molar-refractivity contribution in [3.8, 4) is 0 Å². The Hall–Kier alpha value is -1.21. The molecule has 0 aromatic carbocycles. The molecule has 1 fully saturated rings. The fourth-order valence-corrected chi connectivity index (χ4v) is 3.23. The Morgan fingerprint density at radius 2 is 2.24 bits per heavy atom. The molecular formula is C10H16N4O2S. The molecule has 1 aromatic heterocycles. The van der Waals surface area contributed by atoms with E-state index in [0.717, 1.165) is 12.8 Å². The van der Waals surface area contributed by atoms with Gasteiger partial charge in [0.15, 0.2) is 0 Å². The molecule has 0 amide bonds. The van der Waals surface area contributed by atoms with E-state index in [0.29, 0.717) is 18.1 Å². The Labute approximate surface area is 101 Å². The Balaban J connectivity index is 2.32. The largest absolute Gasteiger partial charge is 0.372 e. The molecule has 0 radical (unpaired) electrons. The lowest BCUT2D eigenvalue weighted by Gasteiger charge is -2.21. The molecule has 1 aliphatic rings. The number of nitrogens with one attached hydrogen (secondary N) is 1. The van der Waals surface area contributed by atoms with Crippen LogP contribution < -0.4 is 5.32 Å². The highest BCUT2D eigenvalue weighted by Gasteiger charge is 2.33. The van der Waals surface area contributed by atoms with Crippen LogP contribution in [-0.2, 0) is 10.0 Å². The summed E-state index contributed by atoms with van der Waals surface area (Å²) in [4.78, 5) is 8.43. The molecule has 0 bridgehead atoms. The van der Waals surface area contributed by atoms with Crippen LogP contribution >= 0.6 is 0 Å². The predicted octanol–water partition coefficient (Wildman–Crippen LogP) is 0.615. The molecule has 1 aromatic rings. The summed E-state index contributed by atoms with van der Waals surface area (Å²) in [6.45, 7) is 0.564. The monoisotopic (exact) mass is 256 g/mol. The molecule has 2 rings (SSSR count). The minimum Gasteiger partial charge on any atom is -0.372 e. The molecule has 6 nitrogen and oxygen atoms in total. The molecule has 94 valence electrons. The van der Waals surface area contributed by atoms with Crippen molar-refractivity contribution < 1.29 is 8.42 Å². The van der Waals surface area contributed by atoms with Crippen molar-refractivity contribution in [2.75, 3.05) is 25.2 Å². The van der Waals surface area contributed by atoms with Crippen molar-refractivity contribution in [2.45, 2.75) is 18.9 Å². The first-order chi connectivity index (χ1) is 8.02. The van der Waals surface area contributed by atoms with E-state index >= 15 is 0 Å². The maximum Gasteiger partial charge on any atom is 0.211 e. The first kappa shape index (κ1) is 12.3. The summed E-state index contributed by atoms with van der Waals surface area (Å²) in [5.74, 6) is 0.655. The normalized spacial score (nSPS) is 21.6. The molecule has 0 unspecified atom stereocenters. The van der Waals surface area contributed by atoms with Gasteiger partial charge in [-0.25, -0.2) is 13.4 Å². The van der Waals surface area contributed by atoms with Crippen LogP contribution in [0.4, 0.5) is 5.82 Å². The molecule has 1 N–H and O–H groups in total. The summed E-state index contributed by atoms with van der Waals surface area (Å²) >= 11 is 0. The number of rotatable bonds is 3. The molecular weight excluding hydrogens is 240 g/mol. The molecule has 2 heterocycles. The smallest absolute Gasteiger partial charge is 0.211 e. The van der Waals surface area contributed by atoms with E-state index in [-0.39, 0.29) is 6.04 Å². The van der Waals surface area contributed by atoms with Crippen molar-refractivity contribution in [3.05, 3.63) is 18.1 Å². The molecule has 1 atom stereocenters. The zero-order chi connectivity index (χ0) is 12.5. The van der Waals surface area contributed by atoms with E-state index < -0.39 is 10.0 Å². The summed E-state index contributed by atoms with van der Waals surface area (Å²) in [6.07, 6.45) is 6.15. The molecule has 1 saturated heterocycles. The van der Waals surface area contributed by atoms with Crippen molar-refractivity contribution in [1.82, 2.24) is 14.3 Å². The summed E-state index contributed by atoms with van der Waals surface area (Å²) < 4.78 is 24.8. The van der Waals surface area contributed by atoms with Gasteiger partial charge in [-0.1, -0.05) is 0 Å². The maximum absolute atomic E-state index is 11.6. The average Bonchev–Trinajstić information content (AvgIpc) is 2.77. The zero-order valence-corrected chi connectivity index (χ0v) is 10.7. The second kappa shape index (κ2) is 4.58. The van der Waals surface area contributed by atoms with Crippen LogP contribution in [0.3, 0.4) is 0 Å². The van der Waals surface area contributed by atoms with Gasteiger partial charge in [-0.3, -0.25) is 4.98 Å². The topological polar surface area (TPSA) is 75.2 Å². The van der Waals surface area contributed by atoms with Gasteiger partial charge in [0.2, 0.25) is 10.0 Å². The van der Waals surface area contributed by atoms with Crippen molar-refractivity contribution in [1.29, 1.82) is 0 Å². The Kier molecular flexibility index (Phi) is 3.30. The Bertz CT molecular complexity index is 503. The van der Waals surface area contributed by atoms with Crippen LogP contribution in [0.2, 0.25) is 0 Å². The second-order valence-electron chi connectivity index (χ2n) is 4.11. The van der Waals surface area contributed by atoms with E-state index in [2.05, 4.69) is 15.3 Å². The predicted molar refractivity (Wildman–Crippen MR) is 65.1 cm³/mol. The van der Waals surface area contributed by atoms with Gasteiger partial charge in [-0.05, 0) is 12.8 Å². The van der Waals surface area contributed by atoms with Gasteiger partial charge >= 0.3 is 0 Å².